The van der Waals surface area contributed by atoms with Gasteiger partial charge in [0, 0.05) is 10.8 Å². The molecule has 3 aromatic rings. The number of ether oxygens (including phenoxy) is 1. The molecule has 0 saturated carbocycles. The van der Waals surface area contributed by atoms with E-state index in [1.165, 1.54) is 11.3 Å². The van der Waals surface area contributed by atoms with Crippen molar-refractivity contribution in [2.45, 2.75) is 0 Å². The van der Waals surface area contributed by atoms with E-state index in [1.807, 2.05) is 30.3 Å². The standard InChI is InChI=1S/C15H12N2O2S/c1-19-14-7-6-11(9-16-14)17-15(18)13-8-10-4-2-3-5-12(10)20-13/h2-9H,1H3,(H,17,18). The van der Waals surface area contributed by atoms with Gasteiger partial charge in [-0.2, -0.15) is 0 Å². The van der Waals surface area contributed by atoms with Crippen LogP contribution in [0.2, 0.25) is 0 Å². The summed E-state index contributed by atoms with van der Waals surface area (Å²) < 4.78 is 6.08. The second-order valence-electron chi connectivity index (χ2n) is 4.19. The molecule has 20 heavy (non-hydrogen) atoms. The first-order valence-corrected chi connectivity index (χ1v) is 6.88. The van der Waals surface area contributed by atoms with Gasteiger partial charge in [-0.15, -0.1) is 11.3 Å². The Balaban J connectivity index is 1.81. The van der Waals surface area contributed by atoms with Crippen molar-refractivity contribution in [2.24, 2.45) is 0 Å². The van der Waals surface area contributed by atoms with Crippen LogP contribution in [0.15, 0.2) is 48.7 Å². The van der Waals surface area contributed by atoms with Gasteiger partial charge >= 0.3 is 0 Å². The van der Waals surface area contributed by atoms with E-state index in [4.69, 9.17) is 4.74 Å². The number of nitrogens with one attached hydrogen (secondary N) is 1. The van der Waals surface area contributed by atoms with Crippen molar-refractivity contribution in [1.29, 1.82) is 0 Å². The van der Waals surface area contributed by atoms with Crippen LogP contribution in [0.5, 0.6) is 5.88 Å². The van der Waals surface area contributed by atoms with E-state index < -0.39 is 0 Å². The van der Waals surface area contributed by atoms with Crippen molar-refractivity contribution in [1.82, 2.24) is 4.98 Å². The van der Waals surface area contributed by atoms with Crippen LogP contribution in [0.25, 0.3) is 10.1 Å². The Morgan fingerprint density at radius 1 is 1.25 bits per heavy atom. The van der Waals surface area contributed by atoms with E-state index >= 15 is 0 Å². The smallest absolute Gasteiger partial charge is 0.265 e. The first-order valence-electron chi connectivity index (χ1n) is 6.06. The van der Waals surface area contributed by atoms with Gasteiger partial charge in [-0.3, -0.25) is 4.79 Å². The number of methoxy groups -OCH3 is 1. The Kier molecular flexibility index (Phi) is 3.35. The van der Waals surface area contributed by atoms with Crippen molar-refractivity contribution in [3.63, 3.8) is 0 Å². The number of nitrogens with zero attached hydrogens (tertiary/aromatic N) is 1. The van der Waals surface area contributed by atoms with Crippen LogP contribution in [0.1, 0.15) is 9.67 Å². The van der Waals surface area contributed by atoms with E-state index in [1.54, 1.807) is 25.4 Å². The van der Waals surface area contributed by atoms with Gasteiger partial charge in [0.25, 0.3) is 5.91 Å². The molecule has 4 nitrogen and oxygen atoms in total. The molecule has 100 valence electrons. The van der Waals surface area contributed by atoms with Crippen LogP contribution in [0, 0.1) is 0 Å². The molecule has 2 aromatic heterocycles. The van der Waals surface area contributed by atoms with E-state index in [0.29, 0.717) is 16.4 Å². The fraction of sp³-hybridized carbons (Fsp3) is 0.0667. The maximum atomic E-state index is 12.2. The minimum Gasteiger partial charge on any atom is -0.481 e. The molecule has 0 atom stereocenters. The molecular formula is C15H12N2O2S. The van der Waals surface area contributed by atoms with Crippen LogP contribution < -0.4 is 10.1 Å². The van der Waals surface area contributed by atoms with Gasteiger partial charge in [0.1, 0.15) is 0 Å². The number of hydrogen-bond donors (Lipinski definition) is 1. The number of benzene rings is 1. The molecule has 0 aliphatic carbocycles. The lowest BCUT2D eigenvalue weighted by Gasteiger charge is -2.03. The number of rotatable bonds is 3. The summed E-state index contributed by atoms with van der Waals surface area (Å²) in [4.78, 5) is 16.9. The number of fused-ring (bicyclic) bond motifs is 1. The Labute approximate surface area is 120 Å². The molecule has 1 N–H and O–H groups in total. The molecule has 5 heteroatoms. The summed E-state index contributed by atoms with van der Waals surface area (Å²) >= 11 is 1.48. The molecule has 3 rings (SSSR count). The molecule has 2 heterocycles. The van der Waals surface area contributed by atoms with Gasteiger partial charge in [-0.1, -0.05) is 18.2 Å². The zero-order valence-electron chi connectivity index (χ0n) is 10.8. The lowest BCUT2D eigenvalue weighted by Crippen LogP contribution is -2.10. The fourth-order valence-electron chi connectivity index (χ4n) is 1.86. The Morgan fingerprint density at radius 2 is 2.10 bits per heavy atom. The van der Waals surface area contributed by atoms with Crippen molar-refractivity contribution in [3.8, 4) is 5.88 Å². The molecule has 0 unspecified atom stereocenters. The lowest BCUT2D eigenvalue weighted by atomic mass is 10.2. The number of thiophene rings is 1. The van der Waals surface area contributed by atoms with Crippen LogP contribution in [-0.4, -0.2) is 18.0 Å². The number of carbonyl (C=O) groups excluding carboxylic acids is 1. The Hall–Kier alpha value is -2.40. The highest BCUT2D eigenvalue weighted by molar-refractivity contribution is 7.20. The number of amides is 1. The summed E-state index contributed by atoms with van der Waals surface area (Å²) in [6, 6.07) is 13.3. The zero-order chi connectivity index (χ0) is 13.9. The third-order valence-corrected chi connectivity index (χ3v) is 3.97. The van der Waals surface area contributed by atoms with Crippen LogP contribution >= 0.6 is 11.3 Å². The first-order chi connectivity index (χ1) is 9.76. The number of aromatic nitrogens is 1. The summed E-state index contributed by atoms with van der Waals surface area (Å²) in [7, 11) is 1.55. The second-order valence-corrected chi connectivity index (χ2v) is 5.28. The summed E-state index contributed by atoms with van der Waals surface area (Å²) in [6.45, 7) is 0. The van der Waals surface area contributed by atoms with Crippen molar-refractivity contribution < 1.29 is 9.53 Å². The minimum absolute atomic E-state index is 0.127. The second kappa shape index (κ2) is 5.30. The van der Waals surface area contributed by atoms with Gasteiger partial charge in [0.15, 0.2) is 0 Å². The molecule has 0 spiro atoms. The molecule has 0 fully saturated rings. The predicted octanol–water partition coefficient (Wildman–Crippen LogP) is 3.56. The normalized spacial score (nSPS) is 10.4. The molecule has 0 radical (unpaired) electrons. The monoisotopic (exact) mass is 284 g/mol. The predicted molar refractivity (Wildman–Crippen MR) is 80.6 cm³/mol. The molecular weight excluding hydrogens is 272 g/mol. The molecule has 0 saturated heterocycles. The number of anilines is 1. The van der Waals surface area contributed by atoms with Crippen LogP contribution in [0.3, 0.4) is 0 Å². The molecule has 1 aromatic carbocycles. The maximum absolute atomic E-state index is 12.2. The molecule has 0 aliphatic rings. The summed E-state index contributed by atoms with van der Waals surface area (Å²) in [5.41, 5.74) is 0.647. The summed E-state index contributed by atoms with van der Waals surface area (Å²) in [5.74, 6) is 0.392. The topological polar surface area (TPSA) is 51.2 Å². The highest BCUT2D eigenvalue weighted by atomic mass is 32.1. The Bertz CT molecular complexity index is 717. The third kappa shape index (κ3) is 2.48. The summed E-state index contributed by atoms with van der Waals surface area (Å²) in [5, 5.41) is 3.90. The molecule has 1 amide bonds. The minimum atomic E-state index is -0.127. The van der Waals surface area contributed by atoms with E-state index in [2.05, 4.69) is 10.3 Å². The number of hydrogen-bond acceptors (Lipinski definition) is 4. The van der Waals surface area contributed by atoms with Crippen molar-refractivity contribution in [3.05, 3.63) is 53.5 Å². The molecule has 0 bridgehead atoms. The van der Waals surface area contributed by atoms with Crippen LogP contribution in [-0.2, 0) is 0 Å². The van der Waals surface area contributed by atoms with Gasteiger partial charge < -0.3 is 10.1 Å². The Morgan fingerprint density at radius 3 is 2.80 bits per heavy atom. The SMILES string of the molecule is COc1ccc(NC(=O)c2cc3ccccc3s2)cn1. The third-order valence-electron chi connectivity index (χ3n) is 2.85. The highest BCUT2D eigenvalue weighted by Gasteiger charge is 2.10. The van der Waals surface area contributed by atoms with Crippen molar-refractivity contribution in [2.75, 3.05) is 12.4 Å². The number of carbonyl (C=O) groups is 1. The summed E-state index contributed by atoms with van der Waals surface area (Å²) in [6.07, 6.45) is 1.57. The van der Waals surface area contributed by atoms with E-state index in [9.17, 15) is 4.79 Å². The van der Waals surface area contributed by atoms with Crippen molar-refractivity contribution >= 4 is 33.0 Å². The maximum Gasteiger partial charge on any atom is 0.265 e. The highest BCUT2D eigenvalue weighted by Crippen LogP contribution is 2.26. The largest absolute Gasteiger partial charge is 0.481 e. The average Bonchev–Trinajstić information content (AvgIpc) is 2.92. The van der Waals surface area contributed by atoms with Gasteiger partial charge in [0.2, 0.25) is 5.88 Å². The zero-order valence-corrected chi connectivity index (χ0v) is 11.6. The van der Waals surface area contributed by atoms with Crippen LogP contribution in [0.4, 0.5) is 5.69 Å². The van der Waals surface area contributed by atoms with E-state index in [-0.39, 0.29) is 5.91 Å². The van der Waals surface area contributed by atoms with E-state index in [0.717, 1.165) is 10.1 Å². The fourth-order valence-corrected chi connectivity index (χ4v) is 2.82. The molecule has 0 aliphatic heterocycles. The van der Waals surface area contributed by atoms with Gasteiger partial charge in [0.05, 0.1) is 23.9 Å². The average molecular weight is 284 g/mol. The van der Waals surface area contributed by atoms with Gasteiger partial charge in [-0.05, 0) is 23.6 Å². The first kappa shape index (κ1) is 12.6. The number of pyridine rings is 1. The van der Waals surface area contributed by atoms with Gasteiger partial charge in [-0.25, -0.2) is 4.98 Å². The lowest BCUT2D eigenvalue weighted by molar-refractivity contribution is 0.103. The quantitative estimate of drug-likeness (QED) is 0.800.